The molecule has 6 heteroatoms. The van der Waals surface area contributed by atoms with E-state index in [1.807, 2.05) is 30.3 Å². The molecule has 0 aliphatic heterocycles. The van der Waals surface area contributed by atoms with Crippen molar-refractivity contribution in [1.82, 2.24) is 15.0 Å². The third-order valence-corrected chi connectivity index (χ3v) is 2.95. The van der Waals surface area contributed by atoms with Crippen molar-refractivity contribution in [2.45, 2.75) is 0 Å². The van der Waals surface area contributed by atoms with Gasteiger partial charge in [-0.2, -0.15) is 4.98 Å². The average molecular weight is 279 g/mol. The predicted octanol–water partition coefficient (Wildman–Crippen LogP) is 1.72. The minimum Gasteiger partial charge on any atom is -0.390 e. The second kappa shape index (κ2) is 5.64. The molecule has 6 nitrogen and oxygen atoms in total. The molecule has 3 N–H and O–H groups in total. The molecule has 0 saturated carbocycles. The first-order chi connectivity index (χ1) is 10.3. The molecule has 0 amide bonds. The number of aliphatic hydroxyl groups is 1. The van der Waals surface area contributed by atoms with E-state index in [2.05, 4.69) is 19.9 Å². The van der Waals surface area contributed by atoms with Crippen molar-refractivity contribution in [1.29, 1.82) is 0 Å². The molecule has 2 heterocycles. The first-order valence-corrected chi connectivity index (χ1v) is 6.40. The Morgan fingerprint density at radius 2 is 1.90 bits per heavy atom. The third kappa shape index (κ3) is 2.70. The number of fused-ring (bicyclic) bond motifs is 1. The van der Waals surface area contributed by atoms with Crippen LogP contribution in [-0.4, -0.2) is 32.4 Å². The smallest absolute Gasteiger partial charge is 0.222 e. The number of rotatable bonds is 3. The Morgan fingerprint density at radius 1 is 1.10 bits per heavy atom. The molecular formula is C15H13N5O. The monoisotopic (exact) mass is 279 g/mol. The number of nitrogens with two attached hydrogens (primary N) is 1. The van der Waals surface area contributed by atoms with Gasteiger partial charge >= 0.3 is 0 Å². The predicted molar refractivity (Wildman–Crippen MR) is 81.5 cm³/mol. The van der Waals surface area contributed by atoms with Crippen LogP contribution in [0.1, 0.15) is 5.56 Å². The summed E-state index contributed by atoms with van der Waals surface area (Å²) >= 11 is 0. The maximum absolute atomic E-state index is 9.56. The van der Waals surface area contributed by atoms with Crippen molar-refractivity contribution in [2.75, 3.05) is 12.3 Å². The summed E-state index contributed by atoms with van der Waals surface area (Å²) in [6.45, 7) is -0.206. The number of nitrogens with zero attached hydrogens (tertiary/aromatic N) is 4. The summed E-state index contributed by atoms with van der Waals surface area (Å²) < 4.78 is 0. The van der Waals surface area contributed by atoms with E-state index in [0.29, 0.717) is 22.6 Å². The maximum atomic E-state index is 9.56. The van der Waals surface area contributed by atoms with E-state index in [1.54, 1.807) is 18.3 Å². The molecule has 104 valence electrons. The van der Waals surface area contributed by atoms with Gasteiger partial charge in [0.2, 0.25) is 5.95 Å². The van der Waals surface area contributed by atoms with Crippen LogP contribution in [0.4, 0.5) is 11.8 Å². The molecule has 0 unspecified atom stereocenters. The van der Waals surface area contributed by atoms with Crippen LogP contribution in [-0.2, 0) is 0 Å². The highest BCUT2D eigenvalue weighted by atomic mass is 16.3. The van der Waals surface area contributed by atoms with Crippen molar-refractivity contribution >= 4 is 28.5 Å². The Kier molecular flexibility index (Phi) is 3.53. The van der Waals surface area contributed by atoms with Crippen LogP contribution in [0, 0.1) is 0 Å². The fraction of sp³-hybridized carbons (Fsp3) is 0.0667. The van der Waals surface area contributed by atoms with Gasteiger partial charge in [0.05, 0.1) is 17.8 Å². The van der Waals surface area contributed by atoms with Gasteiger partial charge in [-0.3, -0.25) is 4.98 Å². The summed E-state index contributed by atoms with van der Waals surface area (Å²) in [5.41, 5.74) is 8.19. The van der Waals surface area contributed by atoms with Crippen LogP contribution in [0.3, 0.4) is 0 Å². The quantitative estimate of drug-likeness (QED) is 0.711. The van der Waals surface area contributed by atoms with Gasteiger partial charge in [0.15, 0.2) is 5.82 Å². The maximum Gasteiger partial charge on any atom is 0.222 e. The van der Waals surface area contributed by atoms with Crippen LogP contribution in [0.2, 0.25) is 0 Å². The van der Waals surface area contributed by atoms with Gasteiger partial charge in [-0.1, -0.05) is 30.3 Å². The topological polar surface area (TPSA) is 97.3 Å². The highest BCUT2D eigenvalue weighted by Crippen LogP contribution is 2.22. The third-order valence-electron chi connectivity index (χ3n) is 2.95. The van der Waals surface area contributed by atoms with Gasteiger partial charge in [-0.25, -0.2) is 9.98 Å². The lowest BCUT2D eigenvalue weighted by Gasteiger charge is -2.05. The lowest BCUT2D eigenvalue weighted by molar-refractivity contribution is 0.358. The first kappa shape index (κ1) is 13.1. The summed E-state index contributed by atoms with van der Waals surface area (Å²) in [5, 5.41) is 9.56. The summed E-state index contributed by atoms with van der Waals surface area (Å²) in [5.74, 6) is 0.477. The van der Waals surface area contributed by atoms with E-state index < -0.39 is 0 Å². The van der Waals surface area contributed by atoms with E-state index in [4.69, 9.17) is 5.73 Å². The molecule has 0 radical (unpaired) electrons. The Balaban J connectivity index is 2.17. The van der Waals surface area contributed by atoms with E-state index in [-0.39, 0.29) is 12.6 Å². The zero-order valence-electron chi connectivity index (χ0n) is 11.1. The van der Waals surface area contributed by atoms with Crippen LogP contribution < -0.4 is 5.73 Å². The van der Waals surface area contributed by atoms with Gasteiger partial charge in [-0.15, -0.1) is 0 Å². The second-order valence-corrected chi connectivity index (χ2v) is 4.36. The lowest BCUT2D eigenvalue weighted by atomic mass is 10.1. The lowest BCUT2D eigenvalue weighted by Crippen LogP contribution is -2.06. The van der Waals surface area contributed by atoms with E-state index in [1.165, 1.54) is 0 Å². The Bertz CT molecular complexity index is 802. The zero-order valence-corrected chi connectivity index (χ0v) is 11.1. The van der Waals surface area contributed by atoms with Crippen molar-refractivity contribution in [3.63, 3.8) is 0 Å². The number of hydrogen-bond acceptors (Lipinski definition) is 6. The highest BCUT2D eigenvalue weighted by Gasteiger charge is 2.09. The number of nitrogen functional groups attached to an aromatic ring is 1. The number of aliphatic imine (C=N–C) groups is 1. The van der Waals surface area contributed by atoms with E-state index in [9.17, 15) is 5.11 Å². The van der Waals surface area contributed by atoms with Crippen LogP contribution in [0.25, 0.3) is 11.0 Å². The molecule has 0 saturated heterocycles. The minimum atomic E-state index is -0.206. The first-order valence-electron chi connectivity index (χ1n) is 6.40. The Morgan fingerprint density at radius 3 is 2.67 bits per heavy atom. The molecule has 2 aromatic heterocycles. The Labute approximate surface area is 121 Å². The molecule has 21 heavy (non-hydrogen) atoms. The molecule has 1 aromatic carbocycles. The summed E-state index contributed by atoms with van der Waals surface area (Å²) in [7, 11) is 0. The van der Waals surface area contributed by atoms with E-state index in [0.717, 1.165) is 5.56 Å². The van der Waals surface area contributed by atoms with Crippen LogP contribution in [0.15, 0.2) is 53.7 Å². The van der Waals surface area contributed by atoms with Crippen molar-refractivity contribution in [3.8, 4) is 0 Å². The summed E-state index contributed by atoms with van der Waals surface area (Å²) in [6.07, 6.45) is 1.64. The number of pyridine rings is 1. The van der Waals surface area contributed by atoms with Crippen molar-refractivity contribution < 1.29 is 5.11 Å². The Hall–Kier alpha value is -2.86. The highest BCUT2D eigenvalue weighted by molar-refractivity contribution is 6.04. The SMILES string of the molecule is Nc1nc(N=C(CO)c2ccccc2)c2ncccc2n1. The van der Waals surface area contributed by atoms with Crippen LogP contribution in [0.5, 0.6) is 0 Å². The molecule has 3 rings (SSSR count). The fourth-order valence-corrected chi connectivity index (χ4v) is 2.00. The molecule has 0 bridgehead atoms. The summed E-state index contributed by atoms with van der Waals surface area (Å²) in [6, 6.07) is 13.0. The largest absolute Gasteiger partial charge is 0.390 e. The molecule has 3 aromatic rings. The molecule has 0 aliphatic rings. The molecule has 0 atom stereocenters. The van der Waals surface area contributed by atoms with Crippen molar-refractivity contribution in [2.24, 2.45) is 4.99 Å². The molecule has 0 aliphatic carbocycles. The summed E-state index contributed by atoms with van der Waals surface area (Å²) in [4.78, 5) is 16.9. The number of aliphatic hydroxyl groups excluding tert-OH is 1. The fourth-order valence-electron chi connectivity index (χ4n) is 2.00. The van der Waals surface area contributed by atoms with Gasteiger partial charge in [0.25, 0.3) is 0 Å². The number of aromatic nitrogens is 3. The number of benzene rings is 1. The minimum absolute atomic E-state index is 0.125. The average Bonchev–Trinajstić information content (AvgIpc) is 2.53. The van der Waals surface area contributed by atoms with Gasteiger partial charge < -0.3 is 10.8 Å². The second-order valence-electron chi connectivity index (χ2n) is 4.36. The molecular weight excluding hydrogens is 266 g/mol. The normalized spacial score (nSPS) is 11.8. The van der Waals surface area contributed by atoms with Crippen molar-refractivity contribution in [3.05, 3.63) is 54.2 Å². The standard InChI is InChI=1S/C15H13N5O/c16-15-19-11-7-4-8-17-13(11)14(20-15)18-12(9-21)10-5-2-1-3-6-10/h1-8,21H,9H2,(H2,16,19,20). The van der Waals surface area contributed by atoms with Gasteiger partial charge in [-0.05, 0) is 17.7 Å². The molecule has 0 spiro atoms. The number of anilines is 1. The zero-order chi connectivity index (χ0) is 14.7. The van der Waals surface area contributed by atoms with Gasteiger partial charge in [0, 0.05) is 6.20 Å². The number of hydrogen-bond donors (Lipinski definition) is 2. The van der Waals surface area contributed by atoms with Crippen LogP contribution >= 0.6 is 0 Å². The molecule has 0 fully saturated rings. The van der Waals surface area contributed by atoms with E-state index >= 15 is 0 Å². The van der Waals surface area contributed by atoms with Gasteiger partial charge in [0.1, 0.15) is 5.52 Å².